The molecular formula is C7H11N3O4. The first kappa shape index (κ1) is 10.6. The molecule has 0 radical (unpaired) electrons. The van der Waals surface area contributed by atoms with Crippen LogP contribution in [0.3, 0.4) is 0 Å². The summed E-state index contributed by atoms with van der Waals surface area (Å²) in [4.78, 5) is 34.8. The highest BCUT2D eigenvalue weighted by Gasteiger charge is 2.42. The van der Waals surface area contributed by atoms with Gasteiger partial charge in [-0.1, -0.05) is 0 Å². The van der Waals surface area contributed by atoms with Crippen LogP contribution < -0.4 is 5.73 Å². The van der Waals surface area contributed by atoms with Gasteiger partial charge in [-0.15, -0.1) is 0 Å². The van der Waals surface area contributed by atoms with E-state index in [-0.39, 0.29) is 13.1 Å². The van der Waals surface area contributed by atoms with Gasteiger partial charge in [-0.3, -0.25) is 19.4 Å². The van der Waals surface area contributed by atoms with E-state index in [1.807, 2.05) is 0 Å². The Kier molecular flexibility index (Phi) is 2.82. The maximum absolute atomic E-state index is 11.2. The average Bonchev–Trinajstić information content (AvgIpc) is 2.35. The van der Waals surface area contributed by atoms with Crippen LogP contribution in [-0.2, 0) is 9.59 Å². The molecule has 14 heavy (non-hydrogen) atoms. The second-order valence-corrected chi connectivity index (χ2v) is 2.95. The largest absolute Gasteiger partial charge is 0.390 e. The molecule has 78 valence electrons. The van der Waals surface area contributed by atoms with Crippen molar-refractivity contribution in [1.29, 1.82) is 0 Å². The predicted molar refractivity (Wildman–Crippen MR) is 44.9 cm³/mol. The van der Waals surface area contributed by atoms with Crippen molar-refractivity contribution in [1.82, 2.24) is 9.80 Å². The normalized spacial score (nSPS) is 19.5. The van der Waals surface area contributed by atoms with E-state index in [1.165, 1.54) is 7.05 Å². The summed E-state index contributed by atoms with van der Waals surface area (Å²) in [5.74, 6) is -1.82. The minimum Gasteiger partial charge on any atom is -0.390 e. The second kappa shape index (κ2) is 3.72. The highest BCUT2D eigenvalue weighted by Crippen LogP contribution is 2.09. The van der Waals surface area contributed by atoms with Gasteiger partial charge in [-0.25, -0.2) is 4.79 Å². The summed E-state index contributed by atoms with van der Waals surface area (Å²) in [5.41, 5.74) is 5.11. The van der Waals surface area contributed by atoms with E-state index >= 15 is 0 Å². The monoisotopic (exact) mass is 201 g/mol. The third-order valence-corrected chi connectivity index (χ3v) is 1.92. The molecule has 1 heterocycles. The number of likely N-dealkylation sites (N-methyl/N-ethyl adjacent to an activating group) is 1. The van der Waals surface area contributed by atoms with Crippen molar-refractivity contribution in [3.63, 3.8) is 0 Å². The maximum Gasteiger partial charge on any atom is 0.334 e. The van der Waals surface area contributed by atoms with Crippen LogP contribution in [0.5, 0.6) is 0 Å². The summed E-state index contributed by atoms with van der Waals surface area (Å²) in [6.45, 7) is -0.320. The third-order valence-electron chi connectivity index (χ3n) is 1.92. The highest BCUT2D eigenvalue weighted by atomic mass is 16.3. The summed E-state index contributed by atoms with van der Waals surface area (Å²) in [6.07, 6.45) is -0.998. The summed E-state index contributed by atoms with van der Waals surface area (Å²) in [7, 11) is 1.21. The Hall–Kier alpha value is -1.47. The number of rotatable bonds is 3. The molecule has 0 aromatic carbocycles. The van der Waals surface area contributed by atoms with E-state index in [2.05, 4.69) is 0 Å². The Morgan fingerprint density at radius 2 is 1.93 bits per heavy atom. The predicted octanol–water partition coefficient (Wildman–Crippen LogP) is -2.27. The molecule has 0 saturated carbocycles. The van der Waals surface area contributed by atoms with Crippen molar-refractivity contribution in [2.75, 3.05) is 20.1 Å². The van der Waals surface area contributed by atoms with Gasteiger partial charge in [0.25, 0.3) is 0 Å². The van der Waals surface area contributed by atoms with E-state index < -0.39 is 23.9 Å². The van der Waals surface area contributed by atoms with Gasteiger partial charge in [0, 0.05) is 13.6 Å². The number of amides is 4. The summed E-state index contributed by atoms with van der Waals surface area (Å²) >= 11 is 0. The Morgan fingerprint density at radius 3 is 2.29 bits per heavy atom. The summed E-state index contributed by atoms with van der Waals surface area (Å²) in [5, 5.41) is 9.13. The van der Waals surface area contributed by atoms with Gasteiger partial charge < -0.3 is 10.8 Å². The van der Waals surface area contributed by atoms with Gasteiger partial charge in [-0.2, -0.15) is 0 Å². The van der Waals surface area contributed by atoms with Crippen molar-refractivity contribution < 1.29 is 19.5 Å². The molecule has 1 atom stereocenters. The number of hydrogen-bond acceptors (Lipinski definition) is 5. The van der Waals surface area contributed by atoms with Crippen LogP contribution in [0.25, 0.3) is 0 Å². The molecule has 1 saturated heterocycles. The van der Waals surface area contributed by atoms with E-state index in [9.17, 15) is 14.4 Å². The lowest BCUT2D eigenvalue weighted by Gasteiger charge is -2.15. The van der Waals surface area contributed by atoms with Gasteiger partial charge in [0.05, 0.1) is 12.6 Å². The third kappa shape index (κ3) is 1.59. The van der Waals surface area contributed by atoms with Crippen molar-refractivity contribution in [2.24, 2.45) is 5.73 Å². The minimum absolute atomic E-state index is 0.0744. The Morgan fingerprint density at radius 1 is 1.36 bits per heavy atom. The van der Waals surface area contributed by atoms with Crippen molar-refractivity contribution in [3.05, 3.63) is 0 Å². The second-order valence-electron chi connectivity index (χ2n) is 2.95. The number of nitrogens with two attached hydrogens (primary N) is 1. The van der Waals surface area contributed by atoms with Crippen LogP contribution in [0.4, 0.5) is 4.79 Å². The fourth-order valence-corrected chi connectivity index (χ4v) is 1.06. The molecule has 0 spiro atoms. The zero-order chi connectivity index (χ0) is 10.9. The number of aliphatic hydroxyl groups excluding tert-OH is 1. The molecule has 1 rings (SSSR count). The summed E-state index contributed by atoms with van der Waals surface area (Å²) in [6, 6.07) is -0.729. The number of imide groups is 2. The van der Waals surface area contributed by atoms with Gasteiger partial charge in [0.15, 0.2) is 0 Å². The van der Waals surface area contributed by atoms with E-state index in [1.54, 1.807) is 0 Å². The van der Waals surface area contributed by atoms with Crippen LogP contribution in [0.2, 0.25) is 0 Å². The quantitative estimate of drug-likeness (QED) is 0.395. The van der Waals surface area contributed by atoms with Gasteiger partial charge in [0.2, 0.25) is 0 Å². The number of nitrogens with zero attached hydrogens (tertiary/aromatic N) is 2. The Labute approximate surface area is 80.1 Å². The standard InChI is InChI=1S/C7H11N3O4/c1-9-5(12)6(13)10(7(9)14)3-4(11)2-8/h4,11H,2-3,8H2,1H3/t4-/m1/s1. The molecule has 1 fully saturated rings. The first-order valence-corrected chi connectivity index (χ1v) is 4.00. The Balaban J connectivity index is 2.75. The average molecular weight is 201 g/mol. The van der Waals surface area contributed by atoms with Gasteiger partial charge in [-0.05, 0) is 0 Å². The van der Waals surface area contributed by atoms with E-state index in [0.717, 1.165) is 0 Å². The number of aliphatic hydroxyl groups is 1. The van der Waals surface area contributed by atoms with E-state index in [4.69, 9.17) is 10.8 Å². The molecule has 0 aromatic rings. The molecule has 7 nitrogen and oxygen atoms in total. The minimum atomic E-state index is -0.998. The fourth-order valence-electron chi connectivity index (χ4n) is 1.06. The fraction of sp³-hybridized carbons (Fsp3) is 0.571. The number of carbonyl (C=O) groups is 3. The molecule has 4 amide bonds. The van der Waals surface area contributed by atoms with Gasteiger partial charge >= 0.3 is 17.8 Å². The van der Waals surface area contributed by atoms with Crippen LogP contribution in [0.1, 0.15) is 0 Å². The lowest BCUT2D eigenvalue weighted by Crippen LogP contribution is -2.40. The van der Waals surface area contributed by atoms with Gasteiger partial charge in [0.1, 0.15) is 0 Å². The van der Waals surface area contributed by atoms with Crippen molar-refractivity contribution in [2.45, 2.75) is 6.10 Å². The zero-order valence-corrected chi connectivity index (χ0v) is 7.64. The van der Waals surface area contributed by atoms with Crippen molar-refractivity contribution >= 4 is 17.8 Å². The molecule has 7 heteroatoms. The molecule has 0 unspecified atom stereocenters. The first-order valence-electron chi connectivity index (χ1n) is 4.00. The smallest absolute Gasteiger partial charge is 0.334 e. The molecule has 0 aromatic heterocycles. The van der Waals surface area contributed by atoms with Crippen LogP contribution in [0.15, 0.2) is 0 Å². The van der Waals surface area contributed by atoms with Crippen LogP contribution >= 0.6 is 0 Å². The molecule has 0 aliphatic carbocycles. The summed E-state index contributed by atoms with van der Waals surface area (Å²) < 4.78 is 0. The lowest BCUT2D eigenvalue weighted by atomic mass is 10.3. The number of hydrogen-bond donors (Lipinski definition) is 2. The lowest BCUT2D eigenvalue weighted by molar-refractivity contribution is -0.143. The zero-order valence-electron chi connectivity index (χ0n) is 7.64. The first-order chi connectivity index (χ1) is 6.49. The molecule has 3 N–H and O–H groups in total. The number of carbonyl (C=O) groups excluding carboxylic acids is 3. The maximum atomic E-state index is 11.2. The van der Waals surface area contributed by atoms with E-state index in [0.29, 0.717) is 9.80 Å². The van der Waals surface area contributed by atoms with Crippen LogP contribution in [0, 0.1) is 0 Å². The molecular weight excluding hydrogens is 190 g/mol. The van der Waals surface area contributed by atoms with Crippen LogP contribution in [-0.4, -0.2) is 59.0 Å². The van der Waals surface area contributed by atoms with Crippen molar-refractivity contribution in [3.8, 4) is 0 Å². The number of β-amino-alcohol motifs (C(OH)–C–C–N with tert-alkyl or cyclic N) is 1. The Bertz CT molecular complexity index is 291. The molecule has 1 aliphatic rings. The molecule has 1 aliphatic heterocycles. The highest BCUT2D eigenvalue weighted by molar-refractivity contribution is 6.44. The topological polar surface area (TPSA) is 104 Å². The SMILES string of the molecule is CN1C(=O)C(=O)N(C[C@H](O)CN)C1=O. The number of urea groups is 1. The molecule has 0 bridgehead atoms.